The van der Waals surface area contributed by atoms with Gasteiger partial charge >= 0.3 is 0 Å². The Hall–Kier alpha value is -0.870. The minimum absolute atomic E-state index is 0.110. The van der Waals surface area contributed by atoms with E-state index < -0.39 is 0 Å². The highest BCUT2D eigenvalue weighted by atomic mass is 16.3. The highest BCUT2D eigenvalue weighted by Crippen LogP contribution is 2.35. The molecule has 2 fully saturated rings. The van der Waals surface area contributed by atoms with Crippen molar-refractivity contribution in [2.24, 2.45) is 4.99 Å². The molecule has 0 aromatic carbocycles. The van der Waals surface area contributed by atoms with Gasteiger partial charge in [-0.3, -0.25) is 9.89 Å². The Morgan fingerprint density at radius 1 is 1.29 bits per heavy atom. The summed E-state index contributed by atoms with van der Waals surface area (Å²) >= 11 is 0. The number of aliphatic hydroxyl groups excluding tert-OH is 1. The van der Waals surface area contributed by atoms with Crippen molar-refractivity contribution in [2.45, 2.75) is 45.4 Å². The molecule has 0 spiro atoms. The lowest BCUT2D eigenvalue weighted by molar-refractivity contribution is -0.0153. The number of aliphatic imine (C=N–C) groups is 1. The molecule has 4 heteroatoms. The van der Waals surface area contributed by atoms with Gasteiger partial charge in [-0.05, 0) is 32.8 Å². The normalized spacial score (nSPS) is 34.8. The van der Waals surface area contributed by atoms with Crippen LogP contribution in [0.15, 0.2) is 16.3 Å². The molecule has 17 heavy (non-hydrogen) atoms. The first-order valence-electron chi connectivity index (χ1n) is 6.52. The number of amidine groups is 1. The van der Waals surface area contributed by atoms with E-state index in [-0.39, 0.29) is 6.10 Å². The number of nitrogens with zero attached hydrogens (tertiary/aromatic N) is 3. The fraction of sp³-hybridized carbons (Fsp3) is 0.769. The average molecular weight is 235 g/mol. The van der Waals surface area contributed by atoms with E-state index in [2.05, 4.69) is 35.6 Å². The van der Waals surface area contributed by atoms with Gasteiger partial charge in [0.25, 0.3) is 0 Å². The molecule has 0 saturated carbocycles. The van der Waals surface area contributed by atoms with E-state index in [1.807, 2.05) is 0 Å². The topological polar surface area (TPSA) is 39.1 Å². The summed E-state index contributed by atoms with van der Waals surface area (Å²) in [7, 11) is 0. The first kappa shape index (κ1) is 11.2. The first-order chi connectivity index (χ1) is 8.08. The van der Waals surface area contributed by atoms with Crippen LogP contribution in [0.1, 0.15) is 27.2 Å². The molecular weight excluding hydrogens is 214 g/mol. The van der Waals surface area contributed by atoms with E-state index >= 15 is 0 Å². The Morgan fingerprint density at radius 3 is 2.65 bits per heavy atom. The maximum atomic E-state index is 9.45. The molecular formula is C13H21N3O. The van der Waals surface area contributed by atoms with Gasteiger partial charge in [-0.1, -0.05) is 0 Å². The minimum atomic E-state index is -0.110. The summed E-state index contributed by atoms with van der Waals surface area (Å²) in [5.41, 5.74) is 2.86. The van der Waals surface area contributed by atoms with Crippen LogP contribution in [0.5, 0.6) is 0 Å². The lowest BCUT2D eigenvalue weighted by Gasteiger charge is -2.42. The van der Waals surface area contributed by atoms with Crippen LogP contribution in [0.25, 0.3) is 0 Å². The van der Waals surface area contributed by atoms with Crippen molar-refractivity contribution in [3.8, 4) is 0 Å². The molecule has 3 aliphatic rings. The average Bonchev–Trinajstić information content (AvgIpc) is 2.66. The Bertz CT molecular complexity index is 395. The quantitative estimate of drug-likeness (QED) is 0.732. The van der Waals surface area contributed by atoms with Gasteiger partial charge in [0.1, 0.15) is 5.84 Å². The van der Waals surface area contributed by atoms with Gasteiger partial charge in [-0.2, -0.15) is 0 Å². The van der Waals surface area contributed by atoms with E-state index in [9.17, 15) is 5.11 Å². The van der Waals surface area contributed by atoms with Gasteiger partial charge in [-0.25, -0.2) is 0 Å². The predicted molar refractivity (Wildman–Crippen MR) is 68.0 cm³/mol. The van der Waals surface area contributed by atoms with Crippen molar-refractivity contribution in [3.05, 3.63) is 11.3 Å². The van der Waals surface area contributed by atoms with Crippen LogP contribution in [0.3, 0.4) is 0 Å². The maximum absolute atomic E-state index is 9.45. The second-order valence-electron chi connectivity index (χ2n) is 5.48. The lowest BCUT2D eigenvalue weighted by Crippen LogP contribution is -2.56. The predicted octanol–water partition coefficient (Wildman–Crippen LogP) is 0.832. The van der Waals surface area contributed by atoms with Crippen LogP contribution in [-0.4, -0.2) is 58.6 Å². The number of hydrogen-bond acceptors (Lipinski definition) is 4. The van der Waals surface area contributed by atoms with Gasteiger partial charge in [-0.15, -0.1) is 0 Å². The summed E-state index contributed by atoms with van der Waals surface area (Å²) in [6.45, 7) is 9.23. The molecule has 94 valence electrons. The fourth-order valence-electron chi connectivity index (χ4n) is 3.26. The number of fused-ring (bicyclic) bond motifs is 1. The number of aliphatic hydroxyl groups is 1. The maximum Gasteiger partial charge on any atom is 0.101 e. The molecule has 4 nitrogen and oxygen atoms in total. The largest absolute Gasteiger partial charge is 0.390 e. The Labute approximate surface area is 103 Å². The fourth-order valence-corrected chi connectivity index (χ4v) is 3.26. The molecule has 3 heterocycles. The third-order valence-corrected chi connectivity index (χ3v) is 4.37. The Kier molecular flexibility index (Phi) is 2.52. The van der Waals surface area contributed by atoms with E-state index in [0.29, 0.717) is 12.1 Å². The van der Waals surface area contributed by atoms with Crippen molar-refractivity contribution >= 4 is 5.84 Å². The molecule has 0 amide bonds. The van der Waals surface area contributed by atoms with Crippen LogP contribution < -0.4 is 0 Å². The van der Waals surface area contributed by atoms with Crippen LogP contribution >= 0.6 is 0 Å². The summed E-state index contributed by atoms with van der Waals surface area (Å²) in [6, 6.07) is 0.819. The van der Waals surface area contributed by atoms with E-state index in [0.717, 1.165) is 25.5 Å². The molecule has 2 atom stereocenters. The third kappa shape index (κ3) is 1.62. The van der Waals surface area contributed by atoms with Crippen LogP contribution in [0.2, 0.25) is 0 Å². The Balaban J connectivity index is 1.88. The molecule has 1 N–H and O–H groups in total. The number of likely N-dealkylation sites (tertiary alicyclic amines) is 1. The summed E-state index contributed by atoms with van der Waals surface area (Å²) in [5, 5.41) is 9.45. The smallest absolute Gasteiger partial charge is 0.101 e. The Morgan fingerprint density at radius 2 is 2.00 bits per heavy atom. The molecule has 1 unspecified atom stereocenters. The minimum Gasteiger partial charge on any atom is -0.390 e. The molecule has 0 aromatic rings. The SMILES string of the molecule is CC1=N[C@@H](C)C(C)=C2C(N3CC(O)C3)CCN12. The molecule has 2 saturated heterocycles. The zero-order valence-corrected chi connectivity index (χ0v) is 10.8. The van der Waals surface area contributed by atoms with Gasteiger partial charge in [0.05, 0.1) is 18.2 Å². The van der Waals surface area contributed by atoms with Crippen LogP contribution in [0, 0.1) is 0 Å². The number of rotatable bonds is 1. The van der Waals surface area contributed by atoms with Crippen LogP contribution in [-0.2, 0) is 0 Å². The summed E-state index contributed by atoms with van der Waals surface area (Å²) in [6.07, 6.45) is 1.06. The second kappa shape index (κ2) is 3.82. The van der Waals surface area contributed by atoms with Gasteiger partial charge in [0, 0.05) is 25.3 Å². The third-order valence-electron chi connectivity index (χ3n) is 4.37. The first-order valence-corrected chi connectivity index (χ1v) is 6.52. The van der Waals surface area contributed by atoms with Crippen LogP contribution in [0.4, 0.5) is 0 Å². The van der Waals surface area contributed by atoms with E-state index in [1.165, 1.54) is 17.7 Å². The van der Waals surface area contributed by atoms with E-state index in [4.69, 9.17) is 0 Å². The molecule has 3 aliphatic heterocycles. The molecule has 3 rings (SSSR count). The van der Waals surface area contributed by atoms with Gasteiger partial charge in [0.2, 0.25) is 0 Å². The molecule has 0 bridgehead atoms. The van der Waals surface area contributed by atoms with Crippen molar-refractivity contribution < 1.29 is 5.11 Å². The van der Waals surface area contributed by atoms with Crippen molar-refractivity contribution in [3.63, 3.8) is 0 Å². The van der Waals surface area contributed by atoms with Gasteiger partial charge < -0.3 is 10.0 Å². The molecule has 0 aromatic heterocycles. The monoisotopic (exact) mass is 235 g/mol. The van der Waals surface area contributed by atoms with Crippen molar-refractivity contribution in [2.75, 3.05) is 19.6 Å². The zero-order chi connectivity index (χ0) is 12.2. The lowest BCUT2D eigenvalue weighted by atomic mass is 9.98. The summed E-state index contributed by atoms with van der Waals surface area (Å²) in [4.78, 5) is 9.44. The summed E-state index contributed by atoms with van der Waals surface area (Å²) < 4.78 is 0. The zero-order valence-electron chi connectivity index (χ0n) is 10.8. The summed E-state index contributed by atoms with van der Waals surface area (Å²) in [5.74, 6) is 1.15. The number of hydrogen-bond donors (Lipinski definition) is 1. The highest BCUT2D eigenvalue weighted by molar-refractivity contribution is 5.84. The van der Waals surface area contributed by atoms with Crippen molar-refractivity contribution in [1.82, 2.24) is 9.80 Å². The van der Waals surface area contributed by atoms with Gasteiger partial charge in [0.15, 0.2) is 0 Å². The molecule has 0 radical (unpaired) electrons. The standard InChI is InChI=1S/C13H21N3O/c1-8-9(2)14-10(3)16-5-4-12(13(8)16)15-6-11(17)7-15/h9,11-12,17H,4-7H2,1-3H3/t9-,12?/m0/s1. The van der Waals surface area contributed by atoms with Crippen molar-refractivity contribution in [1.29, 1.82) is 0 Å². The number of β-amino-alcohol motifs (C(OH)–C–C–N with tert-alkyl or cyclic N) is 1. The van der Waals surface area contributed by atoms with E-state index in [1.54, 1.807) is 0 Å². The molecule has 0 aliphatic carbocycles. The second-order valence-corrected chi connectivity index (χ2v) is 5.48. The highest BCUT2D eigenvalue weighted by Gasteiger charge is 2.41.